The van der Waals surface area contributed by atoms with Crippen LogP contribution >= 0.6 is 11.6 Å². The van der Waals surface area contributed by atoms with E-state index in [2.05, 4.69) is 20.0 Å². The maximum Gasteiger partial charge on any atom is 0.356 e. The molecule has 0 aliphatic carbocycles. The van der Waals surface area contributed by atoms with Gasteiger partial charge in [-0.3, -0.25) is 4.79 Å². The lowest BCUT2D eigenvalue weighted by atomic mass is 10.3. The van der Waals surface area contributed by atoms with Crippen LogP contribution in [0.25, 0.3) is 0 Å². The molecule has 0 spiro atoms. The molecule has 0 saturated carbocycles. The van der Waals surface area contributed by atoms with Gasteiger partial charge in [0.05, 0.1) is 12.1 Å². The molecule has 0 fully saturated rings. The molecule has 0 aliphatic rings. The normalized spacial score (nSPS) is 9.90. The molecule has 0 atom stereocenters. The molecule has 102 valence electrons. The lowest BCUT2D eigenvalue weighted by molar-refractivity contribution is 0.0594. The summed E-state index contributed by atoms with van der Waals surface area (Å²) in [5, 5.41) is 3.01. The Bertz CT molecular complexity index is 644. The van der Waals surface area contributed by atoms with Gasteiger partial charge >= 0.3 is 5.97 Å². The zero-order chi connectivity index (χ0) is 14.5. The quantitative estimate of drug-likeness (QED) is 0.877. The summed E-state index contributed by atoms with van der Waals surface area (Å²) in [6.45, 7) is 0. The number of hydrogen-bond acceptors (Lipinski definition) is 5. The second-order valence-electron chi connectivity index (χ2n) is 3.72. The molecule has 2 heterocycles. The van der Waals surface area contributed by atoms with Crippen LogP contribution in [0, 0.1) is 0 Å². The van der Waals surface area contributed by atoms with Crippen LogP contribution in [-0.2, 0) is 4.74 Å². The van der Waals surface area contributed by atoms with Gasteiger partial charge in [0.25, 0.3) is 5.91 Å². The Morgan fingerprint density at radius 1 is 1.20 bits per heavy atom. The summed E-state index contributed by atoms with van der Waals surface area (Å²) in [6.07, 6.45) is 1.41. The van der Waals surface area contributed by atoms with Crippen LogP contribution in [0.15, 0.2) is 36.5 Å². The largest absolute Gasteiger partial charge is 0.464 e. The molecule has 0 unspecified atom stereocenters. The van der Waals surface area contributed by atoms with Crippen LogP contribution in [0.5, 0.6) is 0 Å². The molecule has 1 amide bonds. The molecule has 7 heteroatoms. The first-order chi connectivity index (χ1) is 9.60. The van der Waals surface area contributed by atoms with Gasteiger partial charge in [-0.05, 0) is 24.3 Å². The van der Waals surface area contributed by atoms with Crippen molar-refractivity contribution in [3.8, 4) is 0 Å². The van der Waals surface area contributed by atoms with E-state index in [9.17, 15) is 9.59 Å². The van der Waals surface area contributed by atoms with Gasteiger partial charge in [0.2, 0.25) is 0 Å². The minimum Gasteiger partial charge on any atom is -0.464 e. The molecule has 6 nitrogen and oxygen atoms in total. The number of carbonyl (C=O) groups excluding carboxylic acids is 2. The second-order valence-corrected chi connectivity index (χ2v) is 4.15. The molecule has 2 rings (SSSR count). The fourth-order valence-corrected chi connectivity index (χ4v) is 1.52. The first-order valence-electron chi connectivity index (χ1n) is 5.58. The minimum absolute atomic E-state index is 0.0595. The Morgan fingerprint density at radius 2 is 1.95 bits per heavy atom. The van der Waals surface area contributed by atoms with Crippen molar-refractivity contribution in [3.05, 3.63) is 52.9 Å². The van der Waals surface area contributed by atoms with Gasteiger partial charge in [-0.1, -0.05) is 17.7 Å². The number of hydrogen-bond donors (Lipinski definition) is 1. The highest BCUT2D eigenvalue weighted by molar-refractivity contribution is 6.30. The number of esters is 1. The number of pyridine rings is 2. The van der Waals surface area contributed by atoms with E-state index in [1.165, 1.54) is 25.4 Å². The molecular formula is C13H10ClN3O3. The van der Waals surface area contributed by atoms with E-state index in [0.29, 0.717) is 10.8 Å². The van der Waals surface area contributed by atoms with Crippen molar-refractivity contribution in [2.45, 2.75) is 0 Å². The lowest BCUT2D eigenvalue weighted by Gasteiger charge is -2.05. The van der Waals surface area contributed by atoms with E-state index in [1.807, 2.05) is 0 Å². The zero-order valence-electron chi connectivity index (χ0n) is 10.5. The minimum atomic E-state index is -0.607. The average Bonchev–Trinajstić information content (AvgIpc) is 2.49. The summed E-state index contributed by atoms with van der Waals surface area (Å²) in [6, 6.07) is 7.65. The van der Waals surface area contributed by atoms with Crippen molar-refractivity contribution in [3.63, 3.8) is 0 Å². The van der Waals surface area contributed by atoms with Crippen molar-refractivity contribution >= 4 is 29.3 Å². The van der Waals surface area contributed by atoms with Crippen molar-refractivity contribution in [2.24, 2.45) is 0 Å². The van der Waals surface area contributed by atoms with Gasteiger partial charge < -0.3 is 10.1 Å². The molecule has 0 aromatic carbocycles. The van der Waals surface area contributed by atoms with Gasteiger partial charge in [0, 0.05) is 6.20 Å². The number of anilines is 1. The highest BCUT2D eigenvalue weighted by Gasteiger charge is 2.12. The molecule has 0 saturated heterocycles. The van der Waals surface area contributed by atoms with E-state index >= 15 is 0 Å². The molecule has 0 aliphatic heterocycles. The summed E-state index contributed by atoms with van der Waals surface area (Å²) < 4.78 is 4.54. The third-order valence-electron chi connectivity index (χ3n) is 2.35. The van der Waals surface area contributed by atoms with Crippen LogP contribution < -0.4 is 5.32 Å². The van der Waals surface area contributed by atoms with Crippen LogP contribution in [0.1, 0.15) is 21.0 Å². The predicted octanol–water partition coefficient (Wildman–Crippen LogP) is 2.17. The molecular weight excluding hydrogens is 282 g/mol. The van der Waals surface area contributed by atoms with E-state index in [-0.39, 0.29) is 11.4 Å². The Labute approximate surface area is 119 Å². The van der Waals surface area contributed by atoms with Crippen molar-refractivity contribution < 1.29 is 14.3 Å². The van der Waals surface area contributed by atoms with Crippen molar-refractivity contribution in [1.29, 1.82) is 0 Å². The number of amides is 1. The molecule has 0 radical (unpaired) electrons. The summed E-state index contributed by atoms with van der Waals surface area (Å²) in [7, 11) is 1.24. The number of nitrogens with zero attached hydrogens (tertiary/aromatic N) is 2. The van der Waals surface area contributed by atoms with Crippen molar-refractivity contribution in [2.75, 3.05) is 12.4 Å². The zero-order valence-corrected chi connectivity index (χ0v) is 11.2. The first-order valence-corrected chi connectivity index (χ1v) is 5.96. The SMILES string of the molecule is COC(=O)c1cccc(C(=O)Nc2ccc(Cl)cn2)n1. The molecule has 20 heavy (non-hydrogen) atoms. The van der Waals surface area contributed by atoms with Gasteiger partial charge in [0.15, 0.2) is 0 Å². The maximum atomic E-state index is 12.0. The number of methoxy groups -OCH3 is 1. The van der Waals surface area contributed by atoms with Crippen LogP contribution in [0.2, 0.25) is 5.02 Å². The van der Waals surface area contributed by atoms with E-state index in [4.69, 9.17) is 11.6 Å². The molecule has 2 aromatic rings. The third kappa shape index (κ3) is 3.30. The standard InChI is InChI=1S/C13H10ClN3O3/c1-20-13(19)10-4-2-3-9(16-10)12(18)17-11-6-5-8(14)7-15-11/h2-7H,1H3,(H,15,17,18). The highest BCUT2D eigenvalue weighted by Crippen LogP contribution is 2.10. The predicted molar refractivity (Wildman–Crippen MR) is 72.8 cm³/mol. The number of rotatable bonds is 3. The van der Waals surface area contributed by atoms with Gasteiger partial charge in [-0.2, -0.15) is 0 Å². The Kier molecular flexibility index (Phi) is 4.27. The summed E-state index contributed by atoms with van der Waals surface area (Å²) >= 11 is 5.70. The number of ether oxygens (including phenoxy) is 1. The molecule has 1 N–H and O–H groups in total. The Hall–Kier alpha value is -2.47. The summed E-state index contributed by atoms with van der Waals surface area (Å²) in [5.41, 5.74) is 0.147. The van der Waals surface area contributed by atoms with Crippen molar-refractivity contribution in [1.82, 2.24) is 9.97 Å². The number of nitrogens with one attached hydrogen (secondary N) is 1. The second kappa shape index (κ2) is 6.12. The van der Waals surface area contributed by atoms with Crippen LogP contribution in [0.3, 0.4) is 0 Å². The average molecular weight is 292 g/mol. The monoisotopic (exact) mass is 291 g/mol. The smallest absolute Gasteiger partial charge is 0.356 e. The maximum absolute atomic E-state index is 12.0. The first kappa shape index (κ1) is 14.0. The number of aromatic nitrogens is 2. The molecule has 0 bridgehead atoms. The number of carbonyl (C=O) groups is 2. The van der Waals surface area contributed by atoms with E-state index < -0.39 is 11.9 Å². The van der Waals surface area contributed by atoms with Crippen LogP contribution in [-0.4, -0.2) is 29.0 Å². The van der Waals surface area contributed by atoms with Gasteiger partial charge in [-0.25, -0.2) is 14.8 Å². The fourth-order valence-electron chi connectivity index (χ4n) is 1.41. The lowest BCUT2D eigenvalue weighted by Crippen LogP contribution is -2.16. The Morgan fingerprint density at radius 3 is 2.60 bits per heavy atom. The van der Waals surface area contributed by atoms with Gasteiger partial charge in [-0.15, -0.1) is 0 Å². The van der Waals surface area contributed by atoms with Crippen LogP contribution in [0.4, 0.5) is 5.82 Å². The fraction of sp³-hybridized carbons (Fsp3) is 0.0769. The molecule has 2 aromatic heterocycles. The van der Waals surface area contributed by atoms with Gasteiger partial charge in [0.1, 0.15) is 17.2 Å². The summed E-state index contributed by atoms with van der Waals surface area (Å²) in [4.78, 5) is 31.2. The number of halogens is 1. The third-order valence-corrected chi connectivity index (χ3v) is 2.57. The van der Waals surface area contributed by atoms with E-state index in [1.54, 1.807) is 18.2 Å². The highest BCUT2D eigenvalue weighted by atomic mass is 35.5. The summed E-state index contributed by atoms with van der Waals surface area (Å²) in [5.74, 6) is -0.750. The van der Waals surface area contributed by atoms with E-state index in [0.717, 1.165) is 0 Å². The topological polar surface area (TPSA) is 81.2 Å². The Balaban J connectivity index is 2.17.